The second-order valence-electron chi connectivity index (χ2n) is 6.58. The third-order valence-electron chi connectivity index (χ3n) is 4.66. The number of rotatable bonds is 7. The molecule has 152 valence electrons. The van der Waals surface area contributed by atoms with Crippen molar-refractivity contribution in [2.24, 2.45) is 0 Å². The lowest BCUT2D eigenvalue weighted by atomic mass is 10.0. The van der Waals surface area contributed by atoms with Gasteiger partial charge in [0.05, 0.1) is 12.0 Å². The highest BCUT2D eigenvalue weighted by molar-refractivity contribution is 5.97. The lowest BCUT2D eigenvalue weighted by molar-refractivity contribution is -0.385. The lowest BCUT2D eigenvalue weighted by Crippen LogP contribution is -2.43. The van der Waals surface area contributed by atoms with Crippen molar-refractivity contribution in [3.05, 3.63) is 100 Å². The number of carbonyl (C=O) groups excluding carboxylic acids is 2. The second kappa shape index (κ2) is 9.47. The highest BCUT2D eigenvalue weighted by atomic mass is 16.6. The molecule has 1 amide bonds. The summed E-state index contributed by atoms with van der Waals surface area (Å²) in [5.41, 5.74) is 2.56. The van der Waals surface area contributed by atoms with Crippen LogP contribution in [0.2, 0.25) is 0 Å². The van der Waals surface area contributed by atoms with E-state index in [9.17, 15) is 19.7 Å². The molecule has 1 N–H and O–H groups in total. The maximum Gasteiger partial charge on any atom is 0.328 e. The van der Waals surface area contributed by atoms with Gasteiger partial charge in [0.25, 0.3) is 11.6 Å². The summed E-state index contributed by atoms with van der Waals surface area (Å²) in [6, 6.07) is 21.7. The van der Waals surface area contributed by atoms with Crippen LogP contribution in [0.1, 0.15) is 15.9 Å². The number of nitro groups is 1. The molecular weight excluding hydrogens is 384 g/mol. The van der Waals surface area contributed by atoms with Crippen molar-refractivity contribution in [1.29, 1.82) is 0 Å². The Morgan fingerprint density at radius 1 is 0.933 bits per heavy atom. The van der Waals surface area contributed by atoms with Crippen molar-refractivity contribution in [3.8, 4) is 11.1 Å². The zero-order valence-corrected chi connectivity index (χ0v) is 16.3. The molecule has 0 aliphatic rings. The van der Waals surface area contributed by atoms with Crippen LogP contribution in [-0.2, 0) is 16.0 Å². The van der Waals surface area contributed by atoms with Gasteiger partial charge in [-0.05, 0) is 23.3 Å². The van der Waals surface area contributed by atoms with Gasteiger partial charge in [-0.15, -0.1) is 0 Å². The molecule has 0 spiro atoms. The molecule has 30 heavy (non-hydrogen) atoms. The third kappa shape index (κ3) is 4.88. The number of ether oxygens (including phenoxy) is 1. The minimum absolute atomic E-state index is 0.0579. The molecule has 7 heteroatoms. The summed E-state index contributed by atoms with van der Waals surface area (Å²) in [5, 5.41) is 13.9. The molecule has 0 aliphatic heterocycles. The summed E-state index contributed by atoms with van der Waals surface area (Å²) in [7, 11) is 1.20. The maximum atomic E-state index is 12.7. The standard InChI is InChI=1S/C23H20N2O5/c1-30-23(27)20(15-19-9-5-6-10-21(19)25(28)29)24-22(26)18-13-11-17(12-14-18)16-7-3-2-4-8-16/h2-14,20H,15H2,1H3,(H,24,26)/t20-/m1/s1. The largest absolute Gasteiger partial charge is 0.467 e. The number of hydrogen-bond acceptors (Lipinski definition) is 5. The Morgan fingerprint density at radius 3 is 2.17 bits per heavy atom. The smallest absolute Gasteiger partial charge is 0.328 e. The lowest BCUT2D eigenvalue weighted by Gasteiger charge is -2.17. The van der Waals surface area contributed by atoms with Gasteiger partial charge >= 0.3 is 5.97 Å². The van der Waals surface area contributed by atoms with E-state index in [4.69, 9.17) is 4.74 Å². The molecule has 0 unspecified atom stereocenters. The summed E-state index contributed by atoms with van der Waals surface area (Å²) < 4.78 is 4.78. The molecule has 3 aromatic carbocycles. The number of amides is 1. The fourth-order valence-electron chi connectivity index (χ4n) is 3.10. The average molecular weight is 404 g/mol. The molecule has 0 heterocycles. The van der Waals surface area contributed by atoms with E-state index < -0.39 is 22.8 Å². The highest BCUT2D eigenvalue weighted by Crippen LogP contribution is 2.21. The number of nitrogens with one attached hydrogen (secondary N) is 1. The summed E-state index contributed by atoms with van der Waals surface area (Å²) in [4.78, 5) is 35.6. The van der Waals surface area contributed by atoms with Crippen molar-refractivity contribution < 1.29 is 19.2 Å². The zero-order valence-electron chi connectivity index (χ0n) is 16.3. The molecule has 0 aliphatic carbocycles. The Hall–Kier alpha value is -4.00. The van der Waals surface area contributed by atoms with Crippen LogP contribution < -0.4 is 5.32 Å². The van der Waals surface area contributed by atoms with E-state index in [-0.39, 0.29) is 12.1 Å². The molecule has 0 aromatic heterocycles. The van der Waals surface area contributed by atoms with Gasteiger partial charge in [-0.25, -0.2) is 4.79 Å². The first-order chi connectivity index (χ1) is 14.5. The van der Waals surface area contributed by atoms with E-state index >= 15 is 0 Å². The molecule has 0 bridgehead atoms. The number of methoxy groups -OCH3 is 1. The quantitative estimate of drug-likeness (QED) is 0.367. The molecule has 1 atom stereocenters. The van der Waals surface area contributed by atoms with Crippen molar-refractivity contribution in [2.45, 2.75) is 12.5 Å². The third-order valence-corrected chi connectivity index (χ3v) is 4.66. The van der Waals surface area contributed by atoms with E-state index in [1.807, 2.05) is 42.5 Å². The fraction of sp³-hybridized carbons (Fsp3) is 0.130. The Labute approximate surface area is 173 Å². The minimum Gasteiger partial charge on any atom is -0.467 e. The molecule has 7 nitrogen and oxygen atoms in total. The number of carbonyl (C=O) groups is 2. The van der Waals surface area contributed by atoms with Gasteiger partial charge in [-0.1, -0.05) is 60.7 Å². The molecular formula is C23H20N2O5. The van der Waals surface area contributed by atoms with Crippen molar-refractivity contribution >= 4 is 17.6 Å². The maximum absolute atomic E-state index is 12.7. The number of nitrogens with zero attached hydrogens (tertiary/aromatic N) is 1. The molecule has 3 aromatic rings. The molecule has 3 rings (SSSR count). The molecule has 0 radical (unpaired) electrons. The number of benzene rings is 3. The van der Waals surface area contributed by atoms with Crippen LogP contribution >= 0.6 is 0 Å². The number of nitro benzene ring substituents is 1. The predicted molar refractivity (Wildman–Crippen MR) is 112 cm³/mol. The second-order valence-corrected chi connectivity index (χ2v) is 6.58. The number of para-hydroxylation sites is 1. The Morgan fingerprint density at radius 2 is 1.53 bits per heavy atom. The average Bonchev–Trinajstić information content (AvgIpc) is 2.79. The van der Waals surface area contributed by atoms with E-state index in [2.05, 4.69) is 5.32 Å². The van der Waals surface area contributed by atoms with E-state index in [1.165, 1.54) is 13.2 Å². The van der Waals surface area contributed by atoms with Gasteiger partial charge < -0.3 is 10.1 Å². The van der Waals surface area contributed by atoms with E-state index in [1.54, 1.807) is 30.3 Å². The number of hydrogen-bond donors (Lipinski definition) is 1. The van der Waals surface area contributed by atoms with Crippen molar-refractivity contribution in [2.75, 3.05) is 7.11 Å². The SMILES string of the molecule is COC(=O)[C@@H](Cc1ccccc1[N+](=O)[O-])NC(=O)c1ccc(-c2ccccc2)cc1. The van der Waals surface area contributed by atoms with Crippen LogP contribution in [-0.4, -0.2) is 30.0 Å². The van der Waals surface area contributed by atoms with Crippen LogP contribution in [0.5, 0.6) is 0 Å². The Kier molecular flexibility index (Phi) is 6.54. The van der Waals surface area contributed by atoms with Crippen LogP contribution in [0, 0.1) is 10.1 Å². The highest BCUT2D eigenvalue weighted by Gasteiger charge is 2.26. The monoisotopic (exact) mass is 404 g/mol. The van der Waals surface area contributed by atoms with Gasteiger partial charge in [-0.3, -0.25) is 14.9 Å². The van der Waals surface area contributed by atoms with Crippen LogP contribution in [0.15, 0.2) is 78.9 Å². The van der Waals surface area contributed by atoms with Gasteiger partial charge in [0.2, 0.25) is 0 Å². The van der Waals surface area contributed by atoms with Crippen LogP contribution in [0.25, 0.3) is 11.1 Å². The van der Waals surface area contributed by atoms with Crippen LogP contribution in [0.4, 0.5) is 5.69 Å². The van der Waals surface area contributed by atoms with Crippen molar-refractivity contribution in [1.82, 2.24) is 5.32 Å². The fourth-order valence-corrected chi connectivity index (χ4v) is 3.10. The van der Waals surface area contributed by atoms with E-state index in [0.717, 1.165) is 11.1 Å². The first-order valence-corrected chi connectivity index (χ1v) is 9.26. The molecule has 0 saturated heterocycles. The van der Waals surface area contributed by atoms with Gasteiger partial charge in [-0.2, -0.15) is 0 Å². The minimum atomic E-state index is -1.06. The van der Waals surface area contributed by atoms with Gasteiger partial charge in [0, 0.05) is 23.6 Å². The summed E-state index contributed by atoms with van der Waals surface area (Å²) in [6.45, 7) is 0. The van der Waals surface area contributed by atoms with Crippen LogP contribution in [0.3, 0.4) is 0 Å². The summed E-state index contributed by atoms with van der Waals surface area (Å²) in [5.74, 6) is -1.15. The normalized spacial score (nSPS) is 11.4. The van der Waals surface area contributed by atoms with Crippen molar-refractivity contribution in [3.63, 3.8) is 0 Å². The molecule has 0 saturated carbocycles. The Balaban J connectivity index is 1.78. The molecule has 0 fully saturated rings. The topological polar surface area (TPSA) is 98.5 Å². The van der Waals surface area contributed by atoms with Gasteiger partial charge in [0.15, 0.2) is 0 Å². The zero-order chi connectivity index (χ0) is 21.5. The summed E-state index contributed by atoms with van der Waals surface area (Å²) >= 11 is 0. The Bertz CT molecular complexity index is 1050. The van der Waals surface area contributed by atoms with E-state index in [0.29, 0.717) is 11.1 Å². The number of esters is 1. The van der Waals surface area contributed by atoms with Gasteiger partial charge in [0.1, 0.15) is 6.04 Å². The summed E-state index contributed by atoms with van der Waals surface area (Å²) in [6.07, 6.45) is -0.0579. The first kappa shape index (κ1) is 20.7. The first-order valence-electron chi connectivity index (χ1n) is 9.26. The predicted octanol–water partition coefficient (Wildman–Crippen LogP) is 3.78.